The number of hydrogen-bond acceptors (Lipinski definition) is 5. The standard InChI is InChI=1S/C11H18O5/c1-8(12)15-7-9-11(2,16-9)6-4-5-10(13)14-3/h9H,4-7H2,1-3H3/t9-,11-/m0/s1. The van der Waals surface area contributed by atoms with E-state index in [1.54, 1.807) is 0 Å². The fourth-order valence-corrected chi connectivity index (χ4v) is 1.60. The molecule has 0 amide bonds. The van der Waals surface area contributed by atoms with Gasteiger partial charge < -0.3 is 14.2 Å². The van der Waals surface area contributed by atoms with Gasteiger partial charge >= 0.3 is 11.9 Å². The van der Waals surface area contributed by atoms with Crippen LogP contribution in [0, 0.1) is 0 Å². The van der Waals surface area contributed by atoms with E-state index in [4.69, 9.17) is 9.47 Å². The van der Waals surface area contributed by atoms with Gasteiger partial charge in [-0.1, -0.05) is 0 Å². The van der Waals surface area contributed by atoms with E-state index in [0.717, 1.165) is 12.8 Å². The highest BCUT2D eigenvalue weighted by Crippen LogP contribution is 2.40. The van der Waals surface area contributed by atoms with Crippen LogP contribution in [0.25, 0.3) is 0 Å². The second-order valence-electron chi connectivity index (χ2n) is 4.15. The van der Waals surface area contributed by atoms with E-state index >= 15 is 0 Å². The van der Waals surface area contributed by atoms with E-state index in [1.165, 1.54) is 14.0 Å². The van der Waals surface area contributed by atoms with Crippen molar-refractivity contribution in [2.75, 3.05) is 13.7 Å². The van der Waals surface area contributed by atoms with Crippen LogP contribution in [0.1, 0.15) is 33.1 Å². The molecule has 1 fully saturated rings. The Hall–Kier alpha value is -1.10. The van der Waals surface area contributed by atoms with Crippen LogP contribution < -0.4 is 0 Å². The number of methoxy groups -OCH3 is 1. The molecule has 1 aliphatic rings. The normalized spacial score (nSPS) is 27.3. The average Bonchev–Trinajstić information content (AvgIpc) is 2.86. The summed E-state index contributed by atoms with van der Waals surface area (Å²) >= 11 is 0. The maximum Gasteiger partial charge on any atom is 0.305 e. The first-order chi connectivity index (χ1) is 7.48. The molecule has 1 saturated heterocycles. The summed E-state index contributed by atoms with van der Waals surface area (Å²) in [7, 11) is 1.38. The maximum absolute atomic E-state index is 10.9. The maximum atomic E-state index is 10.9. The highest BCUT2D eigenvalue weighted by atomic mass is 16.6. The average molecular weight is 230 g/mol. The monoisotopic (exact) mass is 230 g/mol. The lowest BCUT2D eigenvalue weighted by Gasteiger charge is -2.05. The van der Waals surface area contributed by atoms with Crippen molar-refractivity contribution in [3.05, 3.63) is 0 Å². The first-order valence-corrected chi connectivity index (χ1v) is 5.36. The number of rotatable bonds is 6. The molecule has 0 radical (unpaired) electrons. The SMILES string of the molecule is COC(=O)CCC[C@]1(C)O[C@H]1COC(C)=O. The summed E-state index contributed by atoms with van der Waals surface area (Å²) in [6, 6.07) is 0. The topological polar surface area (TPSA) is 65.1 Å². The molecule has 1 aliphatic heterocycles. The van der Waals surface area contributed by atoms with Crippen molar-refractivity contribution < 1.29 is 23.8 Å². The largest absolute Gasteiger partial charge is 0.469 e. The summed E-state index contributed by atoms with van der Waals surface area (Å²) in [5.74, 6) is -0.506. The van der Waals surface area contributed by atoms with Crippen molar-refractivity contribution in [2.24, 2.45) is 0 Å². The molecule has 1 heterocycles. The third-order valence-corrected chi connectivity index (χ3v) is 2.76. The highest BCUT2D eigenvalue weighted by Gasteiger charge is 2.52. The minimum Gasteiger partial charge on any atom is -0.469 e. The summed E-state index contributed by atoms with van der Waals surface area (Å²) < 4.78 is 14.8. The molecule has 0 unspecified atom stereocenters. The third-order valence-electron chi connectivity index (χ3n) is 2.76. The van der Waals surface area contributed by atoms with Gasteiger partial charge in [0.25, 0.3) is 0 Å². The fourth-order valence-electron chi connectivity index (χ4n) is 1.60. The number of hydrogen-bond donors (Lipinski definition) is 0. The second kappa shape index (κ2) is 5.30. The molecule has 0 bridgehead atoms. The van der Waals surface area contributed by atoms with E-state index in [-0.39, 0.29) is 23.6 Å². The molecule has 92 valence electrons. The number of carbonyl (C=O) groups excluding carboxylic acids is 2. The molecule has 0 saturated carbocycles. The Morgan fingerprint density at radius 2 is 2.12 bits per heavy atom. The molecule has 5 nitrogen and oxygen atoms in total. The lowest BCUT2D eigenvalue weighted by Crippen LogP contribution is -2.16. The summed E-state index contributed by atoms with van der Waals surface area (Å²) in [4.78, 5) is 21.5. The molecule has 16 heavy (non-hydrogen) atoms. The van der Waals surface area contributed by atoms with E-state index in [2.05, 4.69) is 4.74 Å². The first kappa shape index (κ1) is 13.0. The zero-order valence-electron chi connectivity index (χ0n) is 9.95. The minimum atomic E-state index is -0.299. The molecule has 0 aromatic heterocycles. The third kappa shape index (κ3) is 3.81. The molecule has 0 aliphatic carbocycles. The molecule has 0 aromatic rings. The molecule has 0 spiro atoms. The zero-order chi connectivity index (χ0) is 12.2. The molecular weight excluding hydrogens is 212 g/mol. The van der Waals surface area contributed by atoms with Gasteiger partial charge in [-0.05, 0) is 19.8 Å². The number of carbonyl (C=O) groups is 2. The molecule has 2 atom stereocenters. The summed E-state index contributed by atoms with van der Waals surface area (Å²) in [5, 5.41) is 0. The molecule has 1 rings (SSSR count). The van der Waals surface area contributed by atoms with Crippen LogP contribution in [0.15, 0.2) is 0 Å². The predicted molar refractivity (Wildman–Crippen MR) is 55.8 cm³/mol. The van der Waals surface area contributed by atoms with Crippen LogP contribution in [0.5, 0.6) is 0 Å². The van der Waals surface area contributed by atoms with Crippen molar-refractivity contribution >= 4 is 11.9 Å². The Kier molecular flexibility index (Phi) is 4.29. The molecular formula is C11H18O5. The minimum absolute atomic E-state index is 0.0333. The van der Waals surface area contributed by atoms with Crippen LogP contribution in [-0.2, 0) is 23.8 Å². The fraction of sp³-hybridized carbons (Fsp3) is 0.818. The quantitative estimate of drug-likeness (QED) is 0.504. The highest BCUT2D eigenvalue weighted by molar-refractivity contribution is 5.69. The van der Waals surface area contributed by atoms with E-state index in [9.17, 15) is 9.59 Å². The number of epoxide rings is 1. The Morgan fingerprint density at radius 1 is 1.44 bits per heavy atom. The van der Waals surface area contributed by atoms with Crippen molar-refractivity contribution in [1.82, 2.24) is 0 Å². The predicted octanol–water partition coefficient (Wildman–Crippen LogP) is 1.05. The van der Waals surface area contributed by atoms with Gasteiger partial charge in [0.2, 0.25) is 0 Å². The number of ether oxygens (including phenoxy) is 3. The van der Waals surface area contributed by atoms with Gasteiger partial charge in [0.1, 0.15) is 12.7 Å². The van der Waals surface area contributed by atoms with Gasteiger partial charge in [0.15, 0.2) is 0 Å². The zero-order valence-corrected chi connectivity index (χ0v) is 9.95. The Morgan fingerprint density at radius 3 is 2.69 bits per heavy atom. The Balaban J connectivity index is 2.14. The van der Waals surface area contributed by atoms with Crippen LogP contribution in [0.2, 0.25) is 0 Å². The van der Waals surface area contributed by atoms with Gasteiger partial charge in [0, 0.05) is 13.3 Å². The lowest BCUT2D eigenvalue weighted by molar-refractivity contribution is -0.142. The van der Waals surface area contributed by atoms with E-state index < -0.39 is 0 Å². The summed E-state index contributed by atoms with van der Waals surface area (Å²) in [5.41, 5.74) is -0.247. The molecule has 0 N–H and O–H groups in total. The van der Waals surface area contributed by atoms with Gasteiger partial charge in [-0.3, -0.25) is 9.59 Å². The van der Waals surface area contributed by atoms with Crippen LogP contribution in [0.3, 0.4) is 0 Å². The second-order valence-corrected chi connectivity index (χ2v) is 4.15. The lowest BCUT2D eigenvalue weighted by atomic mass is 10.0. The molecule has 5 heteroatoms. The van der Waals surface area contributed by atoms with Gasteiger partial charge in [-0.2, -0.15) is 0 Å². The van der Waals surface area contributed by atoms with Gasteiger partial charge in [-0.25, -0.2) is 0 Å². The number of esters is 2. The Labute approximate surface area is 95.0 Å². The molecule has 0 aromatic carbocycles. The van der Waals surface area contributed by atoms with Crippen molar-refractivity contribution in [2.45, 2.75) is 44.8 Å². The van der Waals surface area contributed by atoms with Crippen molar-refractivity contribution in [1.29, 1.82) is 0 Å². The summed E-state index contributed by atoms with van der Waals surface area (Å²) in [6.07, 6.45) is 1.86. The first-order valence-electron chi connectivity index (χ1n) is 5.36. The van der Waals surface area contributed by atoms with E-state index in [0.29, 0.717) is 13.0 Å². The summed E-state index contributed by atoms with van der Waals surface area (Å²) in [6.45, 7) is 3.62. The smallest absolute Gasteiger partial charge is 0.305 e. The van der Waals surface area contributed by atoms with Crippen molar-refractivity contribution in [3.8, 4) is 0 Å². The van der Waals surface area contributed by atoms with Crippen LogP contribution >= 0.6 is 0 Å². The van der Waals surface area contributed by atoms with Gasteiger partial charge in [0.05, 0.1) is 12.7 Å². The van der Waals surface area contributed by atoms with Crippen molar-refractivity contribution in [3.63, 3.8) is 0 Å². The Bertz CT molecular complexity index is 276. The van der Waals surface area contributed by atoms with E-state index in [1.807, 2.05) is 6.92 Å². The van der Waals surface area contributed by atoms with Gasteiger partial charge in [-0.15, -0.1) is 0 Å². The van der Waals surface area contributed by atoms with Crippen LogP contribution in [0.4, 0.5) is 0 Å². The van der Waals surface area contributed by atoms with Crippen LogP contribution in [-0.4, -0.2) is 37.4 Å².